The third-order valence-corrected chi connectivity index (χ3v) is 1.62. The van der Waals surface area contributed by atoms with Crippen LogP contribution in [0.5, 0.6) is 0 Å². The van der Waals surface area contributed by atoms with Crippen molar-refractivity contribution in [3.8, 4) is 0 Å². The second-order valence-electron chi connectivity index (χ2n) is 3.44. The molecule has 0 aromatic rings. The van der Waals surface area contributed by atoms with Gasteiger partial charge < -0.3 is 5.11 Å². The van der Waals surface area contributed by atoms with Crippen LogP contribution >= 0.6 is 0 Å². The molecule has 0 fully saturated rings. The minimum Gasteiger partial charge on any atom is -0.516 e. The predicted octanol–water partition coefficient (Wildman–Crippen LogP) is 3.05. The van der Waals surface area contributed by atoms with E-state index in [0.29, 0.717) is 0 Å². The Bertz CT molecular complexity index is 147. The van der Waals surface area contributed by atoms with Crippen molar-refractivity contribution in [3.05, 3.63) is 24.0 Å². The van der Waals surface area contributed by atoms with Crippen molar-refractivity contribution in [1.29, 1.82) is 0 Å². The van der Waals surface area contributed by atoms with Gasteiger partial charge in [0.1, 0.15) is 0 Å². The van der Waals surface area contributed by atoms with E-state index in [0.717, 1.165) is 6.26 Å². The third-order valence-electron chi connectivity index (χ3n) is 1.62. The monoisotopic (exact) mass is 140 g/mol. The molecule has 1 heteroatoms. The Labute approximate surface area is 63.1 Å². The fourth-order valence-corrected chi connectivity index (χ4v) is 0.437. The van der Waals surface area contributed by atoms with Crippen LogP contribution in [0.25, 0.3) is 0 Å². The number of hydrogen-bond acceptors (Lipinski definition) is 1. The van der Waals surface area contributed by atoms with Gasteiger partial charge in [0.05, 0.1) is 6.26 Å². The lowest BCUT2D eigenvalue weighted by Gasteiger charge is -2.18. The molecule has 0 saturated heterocycles. The Balaban J connectivity index is 4.20. The summed E-state index contributed by atoms with van der Waals surface area (Å²) in [6.45, 7) is 8.48. The molecule has 0 aromatic heterocycles. The second kappa shape index (κ2) is 3.45. The van der Waals surface area contributed by atoms with Crippen LogP contribution in [0.1, 0.15) is 27.7 Å². The van der Waals surface area contributed by atoms with Crippen LogP contribution in [-0.4, -0.2) is 5.11 Å². The molecule has 0 aliphatic carbocycles. The van der Waals surface area contributed by atoms with Gasteiger partial charge in [-0.3, -0.25) is 0 Å². The summed E-state index contributed by atoms with van der Waals surface area (Å²) in [5.74, 6) is 0. The molecule has 0 radical (unpaired) electrons. The molecule has 0 amide bonds. The zero-order valence-electron chi connectivity index (χ0n) is 7.18. The van der Waals surface area contributed by atoms with Crippen molar-refractivity contribution >= 4 is 0 Å². The van der Waals surface area contributed by atoms with E-state index in [1.54, 1.807) is 6.08 Å². The van der Waals surface area contributed by atoms with E-state index in [-0.39, 0.29) is 5.41 Å². The minimum absolute atomic E-state index is 0.208. The maximum Gasteiger partial charge on any atom is 0.0791 e. The van der Waals surface area contributed by atoms with Gasteiger partial charge in [0, 0.05) is 0 Å². The highest BCUT2D eigenvalue weighted by Crippen LogP contribution is 2.23. The fraction of sp³-hybridized carbons (Fsp3) is 0.556. The normalized spacial score (nSPS) is 14.6. The predicted molar refractivity (Wildman–Crippen MR) is 45.0 cm³/mol. The number of rotatable bonds is 1. The zero-order valence-corrected chi connectivity index (χ0v) is 7.18. The van der Waals surface area contributed by atoms with Gasteiger partial charge in [0.2, 0.25) is 0 Å². The molecule has 0 saturated carbocycles. The van der Waals surface area contributed by atoms with Crippen molar-refractivity contribution in [3.63, 3.8) is 0 Å². The Hall–Kier alpha value is -0.720. The Kier molecular flexibility index (Phi) is 3.20. The number of aliphatic hydroxyl groups is 1. The average Bonchev–Trinajstić information content (AvgIpc) is 1.80. The van der Waals surface area contributed by atoms with Gasteiger partial charge >= 0.3 is 0 Å². The number of aliphatic hydroxyl groups excluding tert-OH is 1. The van der Waals surface area contributed by atoms with E-state index in [9.17, 15) is 0 Å². The Morgan fingerprint density at radius 2 is 1.80 bits per heavy atom. The first-order valence-corrected chi connectivity index (χ1v) is 3.46. The van der Waals surface area contributed by atoms with E-state index >= 15 is 0 Å². The summed E-state index contributed by atoms with van der Waals surface area (Å²) in [5.41, 5.74) is 1.47. The summed E-state index contributed by atoms with van der Waals surface area (Å²) in [6.07, 6.45) is 4.61. The summed E-state index contributed by atoms with van der Waals surface area (Å²) >= 11 is 0. The Morgan fingerprint density at radius 3 is 2.10 bits per heavy atom. The molecular formula is C9H16O. The lowest BCUT2D eigenvalue weighted by atomic mass is 9.87. The molecule has 0 unspecified atom stereocenters. The van der Waals surface area contributed by atoms with E-state index in [2.05, 4.69) is 27.7 Å². The second-order valence-corrected chi connectivity index (χ2v) is 3.44. The van der Waals surface area contributed by atoms with Gasteiger partial charge in [-0.25, -0.2) is 0 Å². The van der Waals surface area contributed by atoms with Crippen molar-refractivity contribution in [2.75, 3.05) is 0 Å². The topological polar surface area (TPSA) is 20.2 Å². The SMILES string of the molecule is CC(=CC=CO)C(C)(C)C. The molecule has 0 bridgehead atoms. The van der Waals surface area contributed by atoms with Gasteiger partial charge in [-0.15, -0.1) is 0 Å². The van der Waals surface area contributed by atoms with E-state index in [1.165, 1.54) is 5.57 Å². The first-order valence-electron chi connectivity index (χ1n) is 3.46. The Morgan fingerprint density at radius 1 is 1.30 bits per heavy atom. The highest BCUT2D eigenvalue weighted by molar-refractivity contribution is 5.14. The van der Waals surface area contributed by atoms with Crippen LogP contribution in [-0.2, 0) is 0 Å². The molecule has 0 aliphatic heterocycles. The van der Waals surface area contributed by atoms with Crippen LogP contribution in [0, 0.1) is 5.41 Å². The quantitative estimate of drug-likeness (QED) is 0.438. The average molecular weight is 140 g/mol. The highest BCUT2D eigenvalue weighted by Gasteiger charge is 2.10. The molecule has 0 aliphatic rings. The van der Waals surface area contributed by atoms with E-state index in [1.807, 2.05) is 6.08 Å². The van der Waals surface area contributed by atoms with Gasteiger partial charge in [-0.1, -0.05) is 32.4 Å². The maximum atomic E-state index is 8.36. The zero-order chi connectivity index (χ0) is 8.20. The van der Waals surface area contributed by atoms with Crippen molar-refractivity contribution in [1.82, 2.24) is 0 Å². The van der Waals surface area contributed by atoms with Crippen LogP contribution < -0.4 is 0 Å². The molecular weight excluding hydrogens is 124 g/mol. The summed E-state index contributed by atoms with van der Waals surface area (Å²) in [4.78, 5) is 0. The van der Waals surface area contributed by atoms with Crippen molar-refractivity contribution in [2.45, 2.75) is 27.7 Å². The van der Waals surface area contributed by atoms with Crippen molar-refractivity contribution in [2.24, 2.45) is 5.41 Å². The molecule has 0 spiro atoms. The molecule has 1 N–H and O–H groups in total. The number of hydrogen-bond donors (Lipinski definition) is 1. The maximum absolute atomic E-state index is 8.36. The fourth-order valence-electron chi connectivity index (χ4n) is 0.437. The molecule has 0 aromatic carbocycles. The first-order chi connectivity index (χ1) is 4.48. The van der Waals surface area contributed by atoms with Crippen LogP contribution in [0.4, 0.5) is 0 Å². The summed E-state index contributed by atoms with van der Waals surface area (Å²) < 4.78 is 0. The van der Waals surface area contributed by atoms with Gasteiger partial charge in [0.25, 0.3) is 0 Å². The van der Waals surface area contributed by atoms with Crippen molar-refractivity contribution < 1.29 is 5.11 Å². The molecule has 0 rings (SSSR count). The largest absolute Gasteiger partial charge is 0.516 e. The standard InChI is InChI=1S/C9H16O/c1-8(6-5-7-10)9(2,3)4/h5-7,10H,1-4H3. The molecule has 0 atom stereocenters. The van der Waals surface area contributed by atoms with Gasteiger partial charge in [-0.2, -0.15) is 0 Å². The highest BCUT2D eigenvalue weighted by atomic mass is 16.2. The van der Waals surface area contributed by atoms with E-state index in [4.69, 9.17) is 5.11 Å². The summed E-state index contributed by atoms with van der Waals surface area (Å²) in [5, 5.41) is 8.36. The molecule has 1 nitrogen and oxygen atoms in total. The first kappa shape index (κ1) is 9.28. The van der Waals surface area contributed by atoms with Crippen LogP contribution in [0.3, 0.4) is 0 Å². The molecule has 10 heavy (non-hydrogen) atoms. The smallest absolute Gasteiger partial charge is 0.0791 e. The van der Waals surface area contributed by atoms with Gasteiger partial charge in [-0.05, 0) is 18.4 Å². The van der Waals surface area contributed by atoms with Crippen LogP contribution in [0.15, 0.2) is 24.0 Å². The third kappa shape index (κ3) is 3.33. The minimum atomic E-state index is 0.208. The lowest BCUT2D eigenvalue weighted by Crippen LogP contribution is -2.05. The summed E-state index contributed by atoms with van der Waals surface area (Å²) in [6, 6.07) is 0. The lowest BCUT2D eigenvalue weighted by molar-refractivity contribution is 0.472. The molecule has 58 valence electrons. The number of allylic oxidation sites excluding steroid dienone is 3. The molecule has 0 heterocycles. The van der Waals surface area contributed by atoms with Crippen LogP contribution in [0.2, 0.25) is 0 Å². The summed E-state index contributed by atoms with van der Waals surface area (Å²) in [7, 11) is 0. The van der Waals surface area contributed by atoms with E-state index < -0.39 is 0 Å². The van der Waals surface area contributed by atoms with Gasteiger partial charge in [0.15, 0.2) is 0 Å².